The lowest BCUT2D eigenvalue weighted by Gasteiger charge is -2.12. The van der Waals surface area contributed by atoms with Gasteiger partial charge in [-0.3, -0.25) is 9.59 Å². The predicted octanol–water partition coefficient (Wildman–Crippen LogP) is 0.794. The molecule has 0 fully saturated rings. The number of nitrogens with one attached hydrogen (secondary N) is 1. The van der Waals surface area contributed by atoms with Crippen molar-refractivity contribution >= 4 is 29.9 Å². The molecule has 0 bridgehead atoms. The van der Waals surface area contributed by atoms with Crippen molar-refractivity contribution in [2.24, 2.45) is 0 Å². The normalized spacial score (nSPS) is 10.4. The Balaban J connectivity index is 0.00000220. The summed E-state index contributed by atoms with van der Waals surface area (Å²) in [6, 6.07) is 1.43. The number of pyridine rings is 1. The number of carbonyl (C=O) groups excluding carboxylic acids is 1. The van der Waals surface area contributed by atoms with Gasteiger partial charge in [0.25, 0.3) is 5.91 Å². The summed E-state index contributed by atoms with van der Waals surface area (Å²) in [6.07, 6.45) is 1.27. The fourth-order valence-corrected chi connectivity index (χ4v) is 1.86. The van der Waals surface area contributed by atoms with E-state index in [9.17, 15) is 14.7 Å². The smallest absolute Gasteiger partial charge is 0.322 e. The number of aromatic nitrogens is 3. The van der Waals surface area contributed by atoms with Gasteiger partial charge < -0.3 is 15.5 Å². The molecule has 2 aromatic heterocycles. The molecule has 0 atom stereocenters. The number of fused-ring (bicyclic) bond motifs is 1. The minimum atomic E-state index is -1.17. The number of carboxylic acids is 1. The van der Waals surface area contributed by atoms with Gasteiger partial charge in [0.05, 0.1) is 5.69 Å². The first kappa shape index (κ1) is 16.7. The van der Waals surface area contributed by atoms with Crippen LogP contribution in [0.15, 0.2) is 12.4 Å². The molecule has 0 aliphatic carbocycles. The van der Waals surface area contributed by atoms with Crippen molar-refractivity contribution in [2.45, 2.75) is 19.8 Å². The fourth-order valence-electron chi connectivity index (χ4n) is 1.86. The molecule has 2 rings (SSSR count). The van der Waals surface area contributed by atoms with Gasteiger partial charge in [-0.05, 0) is 5.92 Å². The SMILES string of the molecule is CC(C)c1cc(O)c(C(=O)NCC(=O)O)c2ncnn12.Cl. The highest BCUT2D eigenvalue weighted by atomic mass is 35.5. The quantitative estimate of drug-likeness (QED) is 0.768. The number of rotatable bonds is 4. The number of carbonyl (C=O) groups is 2. The molecule has 2 aromatic rings. The molecule has 0 saturated carbocycles. The first-order valence-electron chi connectivity index (χ1n) is 5.97. The second kappa shape index (κ2) is 6.40. The summed E-state index contributed by atoms with van der Waals surface area (Å²) in [5, 5.41) is 24.8. The molecule has 1 amide bonds. The maximum atomic E-state index is 11.9. The van der Waals surface area contributed by atoms with E-state index >= 15 is 0 Å². The number of hydrogen-bond donors (Lipinski definition) is 3. The van der Waals surface area contributed by atoms with E-state index in [0.29, 0.717) is 5.69 Å². The van der Waals surface area contributed by atoms with E-state index in [1.54, 1.807) is 0 Å². The Kier molecular flexibility index (Phi) is 5.09. The van der Waals surface area contributed by atoms with Gasteiger partial charge in [-0.1, -0.05) is 13.8 Å². The van der Waals surface area contributed by atoms with Crippen LogP contribution in [0.4, 0.5) is 0 Å². The molecule has 0 unspecified atom stereocenters. The molecule has 0 aliphatic heterocycles. The second-order valence-electron chi connectivity index (χ2n) is 4.56. The van der Waals surface area contributed by atoms with Crippen molar-refractivity contribution in [1.82, 2.24) is 19.9 Å². The van der Waals surface area contributed by atoms with E-state index in [0.717, 1.165) is 0 Å². The van der Waals surface area contributed by atoms with E-state index in [1.165, 1.54) is 16.9 Å². The van der Waals surface area contributed by atoms with Crippen molar-refractivity contribution < 1.29 is 19.8 Å². The topological polar surface area (TPSA) is 117 Å². The number of amides is 1. The summed E-state index contributed by atoms with van der Waals surface area (Å²) < 4.78 is 1.46. The van der Waals surface area contributed by atoms with Crippen LogP contribution < -0.4 is 5.32 Å². The number of carboxylic acid groups (broad SMARTS) is 1. The molecule has 0 radical (unpaired) electrons. The van der Waals surface area contributed by atoms with Gasteiger partial charge in [-0.25, -0.2) is 9.50 Å². The summed E-state index contributed by atoms with van der Waals surface area (Å²) in [6.45, 7) is 3.30. The molecule has 114 valence electrons. The third-order valence-electron chi connectivity index (χ3n) is 2.78. The molecular formula is C12H15ClN4O4. The van der Waals surface area contributed by atoms with Crippen LogP contribution in [0.3, 0.4) is 0 Å². The van der Waals surface area contributed by atoms with Crippen LogP contribution in [-0.4, -0.2) is 43.2 Å². The average molecular weight is 315 g/mol. The highest BCUT2D eigenvalue weighted by Crippen LogP contribution is 2.26. The van der Waals surface area contributed by atoms with Gasteiger partial charge in [0.2, 0.25) is 0 Å². The van der Waals surface area contributed by atoms with E-state index < -0.39 is 18.4 Å². The Bertz CT molecular complexity index is 683. The summed E-state index contributed by atoms with van der Waals surface area (Å²) in [5.74, 6) is -2.06. The standard InChI is InChI=1S/C12H14N4O4.ClH/c1-6(2)7-3-8(17)10(11-14-5-15-16(7)11)12(20)13-4-9(18)19;/h3,5-6,17H,4H2,1-2H3,(H,13,20)(H,18,19);1H. The Morgan fingerprint density at radius 3 is 2.67 bits per heavy atom. The largest absolute Gasteiger partial charge is 0.507 e. The lowest BCUT2D eigenvalue weighted by molar-refractivity contribution is -0.135. The summed E-state index contributed by atoms with van der Waals surface area (Å²) in [5.41, 5.74) is 0.800. The van der Waals surface area contributed by atoms with Gasteiger partial charge in [-0.15, -0.1) is 12.4 Å². The highest BCUT2D eigenvalue weighted by Gasteiger charge is 2.21. The Hall–Kier alpha value is -2.35. The molecule has 21 heavy (non-hydrogen) atoms. The number of aromatic hydroxyl groups is 1. The monoisotopic (exact) mass is 314 g/mol. The molecule has 0 aromatic carbocycles. The molecular weight excluding hydrogens is 300 g/mol. The maximum Gasteiger partial charge on any atom is 0.322 e. The van der Waals surface area contributed by atoms with Crippen molar-refractivity contribution in [2.75, 3.05) is 6.54 Å². The minimum absolute atomic E-state index is 0. The Morgan fingerprint density at radius 2 is 2.10 bits per heavy atom. The van der Waals surface area contributed by atoms with Crippen LogP contribution in [0.1, 0.15) is 35.8 Å². The van der Waals surface area contributed by atoms with E-state index in [2.05, 4.69) is 15.4 Å². The zero-order chi connectivity index (χ0) is 14.9. The van der Waals surface area contributed by atoms with Crippen LogP contribution in [-0.2, 0) is 4.79 Å². The summed E-state index contributed by atoms with van der Waals surface area (Å²) in [4.78, 5) is 26.4. The Labute approximate surface area is 126 Å². The van der Waals surface area contributed by atoms with Crippen molar-refractivity contribution in [3.05, 3.63) is 23.7 Å². The van der Waals surface area contributed by atoms with Crippen LogP contribution in [0, 0.1) is 0 Å². The molecule has 3 N–H and O–H groups in total. The van der Waals surface area contributed by atoms with Gasteiger partial charge in [0.15, 0.2) is 5.65 Å². The number of nitrogens with zero attached hydrogens (tertiary/aromatic N) is 3. The third kappa shape index (κ3) is 3.22. The minimum Gasteiger partial charge on any atom is -0.507 e. The second-order valence-corrected chi connectivity index (χ2v) is 4.56. The fraction of sp³-hybridized carbons (Fsp3) is 0.333. The van der Waals surface area contributed by atoms with Crippen molar-refractivity contribution in [3.63, 3.8) is 0 Å². The third-order valence-corrected chi connectivity index (χ3v) is 2.78. The van der Waals surface area contributed by atoms with Gasteiger partial charge in [0.1, 0.15) is 24.2 Å². The maximum absolute atomic E-state index is 11.9. The van der Waals surface area contributed by atoms with Crippen molar-refractivity contribution in [1.29, 1.82) is 0 Å². The van der Waals surface area contributed by atoms with Gasteiger partial charge in [-0.2, -0.15) is 5.10 Å². The average Bonchev–Trinajstić information content (AvgIpc) is 2.83. The highest BCUT2D eigenvalue weighted by molar-refractivity contribution is 6.03. The summed E-state index contributed by atoms with van der Waals surface area (Å²) in [7, 11) is 0. The molecule has 9 heteroatoms. The molecule has 2 heterocycles. The lowest BCUT2D eigenvalue weighted by atomic mass is 10.1. The molecule has 8 nitrogen and oxygen atoms in total. The van der Waals surface area contributed by atoms with Crippen LogP contribution >= 0.6 is 12.4 Å². The zero-order valence-corrected chi connectivity index (χ0v) is 12.2. The first-order chi connectivity index (χ1) is 9.41. The van der Waals surface area contributed by atoms with Gasteiger partial charge in [0, 0.05) is 6.07 Å². The van der Waals surface area contributed by atoms with Crippen LogP contribution in [0.25, 0.3) is 5.65 Å². The molecule has 0 spiro atoms. The number of aliphatic carboxylic acids is 1. The lowest BCUT2D eigenvalue weighted by Crippen LogP contribution is -2.30. The molecule has 0 saturated heterocycles. The van der Waals surface area contributed by atoms with E-state index in [4.69, 9.17) is 5.11 Å². The predicted molar refractivity (Wildman–Crippen MR) is 76.0 cm³/mol. The zero-order valence-electron chi connectivity index (χ0n) is 11.4. The van der Waals surface area contributed by atoms with Crippen LogP contribution in [0.5, 0.6) is 5.75 Å². The molecule has 0 aliphatic rings. The summed E-state index contributed by atoms with van der Waals surface area (Å²) >= 11 is 0. The van der Waals surface area contributed by atoms with E-state index in [1.807, 2.05) is 13.8 Å². The first-order valence-corrected chi connectivity index (χ1v) is 5.97. The van der Waals surface area contributed by atoms with Gasteiger partial charge >= 0.3 is 5.97 Å². The number of hydrogen-bond acceptors (Lipinski definition) is 5. The Morgan fingerprint density at radius 1 is 1.43 bits per heavy atom. The van der Waals surface area contributed by atoms with Crippen molar-refractivity contribution in [3.8, 4) is 5.75 Å². The van der Waals surface area contributed by atoms with Crippen LogP contribution in [0.2, 0.25) is 0 Å². The van der Waals surface area contributed by atoms with E-state index in [-0.39, 0.29) is 35.3 Å². The number of halogens is 1.